The largest absolute Gasteiger partial charge is 0.376 e. The average Bonchev–Trinajstić information content (AvgIpc) is 2.37. The van der Waals surface area contributed by atoms with Crippen LogP contribution < -0.4 is 10.9 Å². The van der Waals surface area contributed by atoms with Gasteiger partial charge in [0.1, 0.15) is 11.6 Å². The maximum Gasteiger partial charge on any atom is 0.252 e. The van der Waals surface area contributed by atoms with Gasteiger partial charge in [0.05, 0.1) is 25.9 Å². The summed E-state index contributed by atoms with van der Waals surface area (Å²) in [6, 6.07) is 1.45. The molecule has 1 aliphatic rings. The molecule has 2 rings (SSSR count). The molecule has 1 fully saturated rings. The van der Waals surface area contributed by atoms with E-state index in [4.69, 9.17) is 9.47 Å². The molecule has 0 radical (unpaired) electrons. The Morgan fingerprint density at radius 1 is 1.56 bits per heavy atom. The Labute approximate surface area is 106 Å². The Hall–Kier alpha value is -1.40. The number of hydrogen-bond acceptors (Lipinski definition) is 5. The summed E-state index contributed by atoms with van der Waals surface area (Å²) in [5.74, 6) is 1.45. The Balaban J connectivity index is 1.97. The Morgan fingerprint density at radius 3 is 3.06 bits per heavy atom. The zero-order valence-corrected chi connectivity index (χ0v) is 10.7. The number of H-pyrrole nitrogens is 1. The summed E-state index contributed by atoms with van der Waals surface area (Å²) in [6.07, 6.45) is 0.0161. The molecule has 2 heterocycles. The molecular formula is C12H19N3O3. The van der Waals surface area contributed by atoms with E-state index in [-0.39, 0.29) is 17.6 Å². The highest BCUT2D eigenvalue weighted by molar-refractivity contribution is 5.33. The van der Waals surface area contributed by atoms with Crippen molar-refractivity contribution < 1.29 is 9.47 Å². The lowest BCUT2D eigenvalue weighted by molar-refractivity contribution is -0.0819. The minimum Gasteiger partial charge on any atom is -0.376 e. The molecule has 0 aliphatic carbocycles. The molecule has 0 bridgehead atoms. The van der Waals surface area contributed by atoms with Gasteiger partial charge in [0.15, 0.2) is 0 Å². The maximum atomic E-state index is 11.5. The van der Waals surface area contributed by atoms with Crippen molar-refractivity contribution >= 4 is 5.82 Å². The summed E-state index contributed by atoms with van der Waals surface area (Å²) in [6.45, 7) is 6.41. The van der Waals surface area contributed by atoms with Crippen LogP contribution in [0.25, 0.3) is 0 Å². The molecule has 0 spiro atoms. The third-order valence-corrected chi connectivity index (χ3v) is 2.70. The Bertz CT molecular complexity index is 438. The first-order chi connectivity index (χ1) is 8.65. The SMILES string of the molecule is CC(C)c1nc(NCC2COCCO2)cc(=O)[nH]1. The first kappa shape index (κ1) is 13.0. The highest BCUT2D eigenvalue weighted by Gasteiger charge is 2.14. The molecule has 0 amide bonds. The molecule has 6 nitrogen and oxygen atoms in total. The number of nitrogens with zero attached hydrogens (tertiary/aromatic N) is 1. The van der Waals surface area contributed by atoms with Gasteiger partial charge in [-0.05, 0) is 0 Å². The zero-order valence-electron chi connectivity index (χ0n) is 10.7. The Kier molecular flexibility index (Phi) is 4.33. The van der Waals surface area contributed by atoms with Gasteiger partial charge in [0.2, 0.25) is 0 Å². The molecule has 1 saturated heterocycles. The molecular weight excluding hydrogens is 234 g/mol. The van der Waals surface area contributed by atoms with Crippen LogP contribution in [0.5, 0.6) is 0 Å². The van der Waals surface area contributed by atoms with E-state index >= 15 is 0 Å². The standard InChI is InChI=1S/C12H19N3O3/c1-8(2)12-14-10(5-11(16)15-12)13-6-9-7-17-3-4-18-9/h5,8-9H,3-4,6-7H2,1-2H3,(H2,13,14,15,16). The molecule has 1 unspecified atom stereocenters. The first-order valence-electron chi connectivity index (χ1n) is 6.19. The fourth-order valence-corrected chi connectivity index (χ4v) is 1.71. The number of hydrogen-bond donors (Lipinski definition) is 2. The zero-order chi connectivity index (χ0) is 13.0. The van der Waals surface area contributed by atoms with Crippen LogP contribution in [0.1, 0.15) is 25.6 Å². The van der Waals surface area contributed by atoms with Crippen molar-refractivity contribution in [2.45, 2.75) is 25.9 Å². The number of aromatic amines is 1. The van der Waals surface area contributed by atoms with Gasteiger partial charge in [0, 0.05) is 18.5 Å². The molecule has 100 valence electrons. The molecule has 1 atom stereocenters. The number of ether oxygens (including phenoxy) is 2. The lowest BCUT2D eigenvalue weighted by Crippen LogP contribution is -2.34. The van der Waals surface area contributed by atoms with Crippen LogP contribution in [0.4, 0.5) is 5.82 Å². The molecule has 6 heteroatoms. The van der Waals surface area contributed by atoms with Crippen molar-refractivity contribution in [2.75, 3.05) is 31.7 Å². The van der Waals surface area contributed by atoms with Crippen LogP contribution in [0.2, 0.25) is 0 Å². The molecule has 1 aliphatic heterocycles. The summed E-state index contributed by atoms with van der Waals surface area (Å²) >= 11 is 0. The highest BCUT2D eigenvalue weighted by atomic mass is 16.6. The summed E-state index contributed by atoms with van der Waals surface area (Å²) in [4.78, 5) is 18.6. The monoisotopic (exact) mass is 253 g/mol. The van der Waals surface area contributed by atoms with Gasteiger partial charge < -0.3 is 19.8 Å². The Morgan fingerprint density at radius 2 is 2.39 bits per heavy atom. The normalized spacial score (nSPS) is 20.1. The van der Waals surface area contributed by atoms with Crippen molar-refractivity contribution in [3.8, 4) is 0 Å². The highest BCUT2D eigenvalue weighted by Crippen LogP contribution is 2.09. The second-order valence-electron chi connectivity index (χ2n) is 4.62. The van der Waals surface area contributed by atoms with Gasteiger partial charge in [-0.1, -0.05) is 13.8 Å². The molecule has 1 aromatic heterocycles. The number of aromatic nitrogens is 2. The molecule has 2 N–H and O–H groups in total. The van der Waals surface area contributed by atoms with Crippen LogP contribution in [0.15, 0.2) is 10.9 Å². The van der Waals surface area contributed by atoms with E-state index < -0.39 is 0 Å². The van der Waals surface area contributed by atoms with Crippen LogP contribution in [0, 0.1) is 0 Å². The second kappa shape index (κ2) is 5.97. The quantitative estimate of drug-likeness (QED) is 0.827. The molecule has 0 saturated carbocycles. The van der Waals surface area contributed by atoms with Crippen molar-refractivity contribution in [1.82, 2.24) is 9.97 Å². The predicted octanol–water partition coefficient (Wildman–Crippen LogP) is 0.721. The van der Waals surface area contributed by atoms with Gasteiger partial charge in [-0.25, -0.2) is 4.98 Å². The average molecular weight is 253 g/mol. The van der Waals surface area contributed by atoms with E-state index in [1.54, 1.807) is 0 Å². The maximum absolute atomic E-state index is 11.5. The van der Waals surface area contributed by atoms with Crippen LogP contribution >= 0.6 is 0 Å². The molecule has 18 heavy (non-hydrogen) atoms. The van der Waals surface area contributed by atoms with Crippen molar-refractivity contribution in [3.05, 3.63) is 22.2 Å². The van der Waals surface area contributed by atoms with E-state index in [2.05, 4.69) is 15.3 Å². The van der Waals surface area contributed by atoms with E-state index in [1.807, 2.05) is 13.8 Å². The third-order valence-electron chi connectivity index (χ3n) is 2.70. The topological polar surface area (TPSA) is 76.2 Å². The van der Waals surface area contributed by atoms with Crippen molar-refractivity contribution in [2.24, 2.45) is 0 Å². The summed E-state index contributed by atoms with van der Waals surface area (Å²) in [5.41, 5.74) is -0.142. The minimum absolute atomic E-state index is 0.0161. The second-order valence-corrected chi connectivity index (χ2v) is 4.62. The van der Waals surface area contributed by atoms with Crippen LogP contribution in [-0.4, -0.2) is 42.4 Å². The van der Waals surface area contributed by atoms with Gasteiger partial charge in [-0.3, -0.25) is 4.79 Å². The van der Waals surface area contributed by atoms with Gasteiger partial charge in [0.25, 0.3) is 5.56 Å². The van der Waals surface area contributed by atoms with Crippen LogP contribution in [0.3, 0.4) is 0 Å². The fraction of sp³-hybridized carbons (Fsp3) is 0.667. The lowest BCUT2D eigenvalue weighted by atomic mass is 10.2. The van der Waals surface area contributed by atoms with E-state index in [1.165, 1.54) is 6.07 Å². The summed E-state index contributed by atoms with van der Waals surface area (Å²) in [7, 11) is 0. The summed E-state index contributed by atoms with van der Waals surface area (Å²) < 4.78 is 10.8. The predicted molar refractivity (Wildman–Crippen MR) is 68.0 cm³/mol. The lowest BCUT2D eigenvalue weighted by Gasteiger charge is -2.23. The number of rotatable bonds is 4. The van der Waals surface area contributed by atoms with Gasteiger partial charge in [-0.15, -0.1) is 0 Å². The smallest absolute Gasteiger partial charge is 0.252 e. The van der Waals surface area contributed by atoms with E-state index in [9.17, 15) is 4.79 Å². The minimum atomic E-state index is -0.142. The van der Waals surface area contributed by atoms with Crippen LogP contribution in [-0.2, 0) is 9.47 Å². The van der Waals surface area contributed by atoms with Crippen molar-refractivity contribution in [3.63, 3.8) is 0 Å². The van der Waals surface area contributed by atoms with Gasteiger partial charge >= 0.3 is 0 Å². The summed E-state index contributed by atoms with van der Waals surface area (Å²) in [5, 5.41) is 3.11. The van der Waals surface area contributed by atoms with E-state index in [0.29, 0.717) is 38.0 Å². The fourth-order valence-electron chi connectivity index (χ4n) is 1.71. The first-order valence-corrected chi connectivity index (χ1v) is 6.19. The van der Waals surface area contributed by atoms with Gasteiger partial charge in [-0.2, -0.15) is 0 Å². The van der Waals surface area contributed by atoms with Crippen molar-refractivity contribution in [1.29, 1.82) is 0 Å². The third kappa shape index (κ3) is 3.54. The molecule has 0 aromatic carbocycles. The number of nitrogens with one attached hydrogen (secondary N) is 2. The van der Waals surface area contributed by atoms with E-state index in [0.717, 1.165) is 0 Å². The molecule has 1 aromatic rings. The number of anilines is 1.